The van der Waals surface area contributed by atoms with Gasteiger partial charge in [-0.05, 0) is 24.6 Å². The van der Waals surface area contributed by atoms with Crippen LogP contribution in [0.3, 0.4) is 0 Å². The monoisotopic (exact) mass is 243 g/mol. The van der Waals surface area contributed by atoms with Gasteiger partial charge in [-0.3, -0.25) is 4.79 Å². The van der Waals surface area contributed by atoms with Crippen LogP contribution in [0.1, 0.15) is 5.56 Å². The first-order valence-corrected chi connectivity index (χ1v) is 4.72. The van der Waals surface area contributed by atoms with Crippen molar-refractivity contribution in [2.75, 3.05) is 12.4 Å². The van der Waals surface area contributed by atoms with Gasteiger partial charge in [-0.1, -0.05) is 11.6 Å². The van der Waals surface area contributed by atoms with Crippen molar-refractivity contribution in [3.8, 4) is 5.75 Å². The number of benzene rings is 1. The normalized spacial score (nSPS) is 9.69. The van der Waals surface area contributed by atoms with E-state index in [0.717, 1.165) is 5.56 Å². The zero-order valence-electron chi connectivity index (χ0n) is 8.70. The van der Waals surface area contributed by atoms with Crippen molar-refractivity contribution in [1.82, 2.24) is 0 Å². The van der Waals surface area contributed by atoms with E-state index in [1.165, 1.54) is 13.2 Å². The van der Waals surface area contributed by atoms with E-state index in [1.807, 2.05) is 0 Å². The Hall–Kier alpha value is -1.75. The Bertz CT molecular complexity index is 445. The fraction of sp³-hybridized carbons (Fsp3) is 0.200. The van der Waals surface area contributed by atoms with Crippen molar-refractivity contribution in [3.63, 3.8) is 0 Å². The number of carbonyl (C=O) groups excluding carboxylic acids is 1. The van der Waals surface area contributed by atoms with Crippen LogP contribution in [-0.2, 0) is 9.59 Å². The van der Waals surface area contributed by atoms with Crippen LogP contribution in [-0.4, -0.2) is 24.1 Å². The molecule has 1 aromatic rings. The molecule has 0 aliphatic heterocycles. The number of methoxy groups -OCH3 is 1. The van der Waals surface area contributed by atoms with Crippen molar-refractivity contribution in [3.05, 3.63) is 22.7 Å². The molecule has 0 atom stereocenters. The predicted molar refractivity (Wildman–Crippen MR) is 59.0 cm³/mol. The zero-order valence-corrected chi connectivity index (χ0v) is 9.46. The van der Waals surface area contributed by atoms with E-state index in [2.05, 4.69) is 5.32 Å². The maximum absolute atomic E-state index is 11.0. The first-order chi connectivity index (χ1) is 7.45. The SMILES string of the molecule is COc1cc(C)c(Cl)cc1NC(=O)C(=O)O. The fourth-order valence-electron chi connectivity index (χ4n) is 1.10. The summed E-state index contributed by atoms with van der Waals surface area (Å²) in [5.74, 6) is -2.35. The lowest BCUT2D eigenvalue weighted by molar-refractivity contribution is -0.147. The molecule has 5 nitrogen and oxygen atoms in total. The highest BCUT2D eigenvalue weighted by Gasteiger charge is 2.15. The molecule has 0 saturated carbocycles. The summed E-state index contributed by atoms with van der Waals surface area (Å²) >= 11 is 5.85. The van der Waals surface area contributed by atoms with Gasteiger partial charge in [0.15, 0.2) is 0 Å². The predicted octanol–water partition coefficient (Wildman–Crippen LogP) is 1.68. The van der Waals surface area contributed by atoms with Crippen molar-refractivity contribution in [1.29, 1.82) is 0 Å². The van der Waals surface area contributed by atoms with Crippen LogP contribution in [0.5, 0.6) is 5.75 Å². The highest BCUT2D eigenvalue weighted by atomic mass is 35.5. The summed E-state index contributed by atoms with van der Waals surface area (Å²) in [6, 6.07) is 3.05. The number of halogens is 1. The number of amides is 1. The number of carbonyl (C=O) groups is 2. The molecule has 0 radical (unpaired) electrons. The van der Waals surface area contributed by atoms with E-state index in [4.69, 9.17) is 21.4 Å². The maximum Gasteiger partial charge on any atom is 0.394 e. The number of rotatable bonds is 2. The molecule has 0 fully saturated rings. The Kier molecular flexibility index (Phi) is 3.73. The highest BCUT2D eigenvalue weighted by molar-refractivity contribution is 6.37. The number of aliphatic carboxylic acids is 1. The van der Waals surface area contributed by atoms with Gasteiger partial charge in [-0.2, -0.15) is 0 Å². The summed E-state index contributed by atoms with van der Waals surface area (Å²) in [4.78, 5) is 21.3. The maximum atomic E-state index is 11.0. The van der Waals surface area contributed by atoms with E-state index in [9.17, 15) is 9.59 Å². The van der Waals surface area contributed by atoms with E-state index < -0.39 is 11.9 Å². The van der Waals surface area contributed by atoms with E-state index >= 15 is 0 Å². The smallest absolute Gasteiger partial charge is 0.394 e. The number of hydrogen-bond acceptors (Lipinski definition) is 3. The van der Waals surface area contributed by atoms with Gasteiger partial charge in [-0.25, -0.2) is 4.79 Å². The summed E-state index contributed by atoms with van der Waals surface area (Å²) in [5, 5.41) is 11.0. The number of anilines is 1. The molecule has 0 saturated heterocycles. The van der Waals surface area contributed by atoms with Crippen LogP contribution < -0.4 is 10.1 Å². The third-order valence-electron chi connectivity index (χ3n) is 1.92. The summed E-state index contributed by atoms with van der Waals surface area (Å²) in [6.07, 6.45) is 0. The molecule has 0 unspecified atom stereocenters. The van der Waals surface area contributed by atoms with Crippen LogP contribution >= 0.6 is 11.6 Å². The van der Waals surface area contributed by atoms with Crippen LogP contribution in [0.4, 0.5) is 5.69 Å². The van der Waals surface area contributed by atoms with Crippen LogP contribution in [0, 0.1) is 6.92 Å². The van der Waals surface area contributed by atoms with Gasteiger partial charge >= 0.3 is 11.9 Å². The average molecular weight is 244 g/mol. The quantitative estimate of drug-likeness (QED) is 0.775. The largest absolute Gasteiger partial charge is 0.495 e. The minimum Gasteiger partial charge on any atom is -0.495 e. The van der Waals surface area contributed by atoms with Gasteiger partial charge in [0.25, 0.3) is 0 Å². The molecule has 0 bridgehead atoms. The Balaban J connectivity index is 3.08. The van der Waals surface area contributed by atoms with Crippen molar-refractivity contribution in [2.45, 2.75) is 6.92 Å². The Morgan fingerprint density at radius 3 is 2.56 bits per heavy atom. The fourth-order valence-corrected chi connectivity index (χ4v) is 1.26. The topological polar surface area (TPSA) is 75.6 Å². The van der Waals surface area contributed by atoms with Gasteiger partial charge in [-0.15, -0.1) is 0 Å². The van der Waals surface area contributed by atoms with Crippen molar-refractivity contribution < 1.29 is 19.4 Å². The summed E-state index contributed by atoms with van der Waals surface area (Å²) in [7, 11) is 1.42. The molecule has 1 aromatic carbocycles. The molecule has 1 rings (SSSR count). The van der Waals surface area contributed by atoms with Crippen LogP contribution in [0.2, 0.25) is 5.02 Å². The standard InChI is InChI=1S/C10H10ClNO4/c1-5-3-8(16-2)7(4-6(5)11)12-9(13)10(14)15/h3-4H,1-2H3,(H,12,13)(H,14,15). The van der Waals surface area contributed by atoms with Crippen molar-refractivity contribution >= 4 is 29.2 Å². The second kappa shape index (κ2) is 4.85. The van der Waals surface area contributed by atoms with E-state index in [1.54, 1.807) is 13.0 Å². The van der Waals surface area contributed by atoms with Gasteiger partial charge < -0.3 is 15.2 Å². The summed E-state index contributed by atoms with van der Waals surface area (Å²) < 4.78 is 5.00. The number of hydrogen-bond donors (Lipinski definition) is 2. The second-order valence-electron chi connectivity index (χ2n) is 3.06. The van der Waals surface area contributed by atoms with Crippen molar-refractivity contribution in [2.24, 2.45) is 0 Å². The Labute approximate surface area is 97.0 Å². The number of ether oxygens (including phenoxy) is 1. The van der Waals surface area contributed by atoms with E-state index in [-0.39, 0.29) is 5.69 Å². The first-order valence-electron chi connectivity index (χ1n) is 4.34. The third kappa shape index (κ3) is 2.64. The van der Waals surface area contributed by atoms with Gasteiger partial charge in [0.2, 0.25) is 0 Å². The Morgan fingerprint density at radius 2 is 2.06 bits per heavy atom. The number of nitrogens with one attached hydrogen (secondary N) is 1. The molecule has 0 aliphatic carbocycles. The molecular weight excluding hydrogens is 234 g/mol. The molecule has 6 heteroatoms. The number of aryl methyl sites for hydroxylation is 1. The third-order valence-corrected chi connectivity index (χ3v) is 2.33. The molecule has 1 amide bonds. The molecule has 0 aromatic heterocycles. The van der Waals surface area contributed by atoms with E-state index in [0.29, 0.717) is 10.8 Å². The summed E-state index contributed by atoms with van der Waals surface area (Å²) in [5.41, 5.74) is 0.998. The molecule has 86 valence electrons. The minimum absolute atomic E-state index is 0.227. The molecule has 2 N–H and O–H groups in total. The van der Waals surface area contributed by atoms with Gasteiger partial charge in [0.1, 0.15) is 5.75 Å². The van der Waals surface area contributed by atoms with Gasteiger partial charge in [0, 0.05) is 5.02 Å². The average Bonchev–Trinajstić information content (AvgIpc) is 2.22. The molecule has 0 heterocycles. The lowest BCUT2D eigenvalue weighted by atomic mass is 10.2. The number of carboxylic acid groups (broad SMARTS) is 1. The summed E-state index contributed by atoms with van der Waals surface area (Å²) in [6.45, 7) is 1.77. The lowest BCUT2D eigenvalue weighted by Gasteiger charge is -2.10. The molecule has 0 aliphatic rings. The second-order valence-corrected chi connectivity index (χ2v) is 3.47. The highest BCUT2D eigenvalue weighted by Crippen LogP contribution is 2.30. The lowest BCUT2D eigenvalue weighted by Crippen LogP contribution is -2.22. The zero-order chi connectivity index (χ0) is 12.3. The first kappa shape index (κ1) is 12.3. The minimum atomic E-state index is -1.57. The number of carboxylic acids is 1. The van der Waals surface area contributed by atoms with Crippen LogP contribution in [0.25, 0.3) is 0 Å². The molecule has 16 heavy (non-hydrogen) atoms. The van der Waals surface area contributed by atoms with Gasteiger partial charge in [0.05, 0.1) is 12.8 Å². The Morgan fingerprint density at radius 1 is 1.44 bits per heavy atom. The molecule has 0 spiro atoms. The molecular formula is C10H10ClNO4. The van der Waals surface area contributed by atoms with Crippen LogP contribution in [0.15, 0.2) is 12.1 Å².